The van der Waals surface area contributed by atoms with Crippen molar-refractivity contribution < 1.29 is 34.5 Å². The second-order valence-electron chi connectivity index (χ2n) is 3.88. The van der Waals surface area contributed by atoms with Gasteiger partial charge in [0, 0.05) is 25.0 Å². The number of aromatic carboxylic acids is 1. The number of carboxylic acids is 1. The van der Waals surface area contributed by atoms with Crippen LogP contribution in [0.1, 0.15) is 15.9 Å². The topological polar surface area (TPSA) is 57.5 Å². The summed E-state index contributed by atoms with van der Waals surface area (Å²) in [5.41, 5.74) is 2.09. The second kappa shape index (κ2) is 5.79. The monoisotopic (exact) mass is 292 g/mol. The van der Waals surface area contributed by atoms with Gasteiger partial charge < -0.3 is 10.2 Å². The first-order chi connectivity index (χ1) is 8.09. The third kappa shape index (κ3) is 2.77. The number of hydrogen-bond acceptors (Lipinski definition) is 2. The fourth-order valence-electron chi connectivity index (χ4n) is 1.78. The Morgan fingerprint density at radius 1 is 1.11 bits per heavy atom. The van der Waals surface area contributed by atoms with Crippen LogP contribution in [0.3, 0.4) is 0 Å². The van der Waals surface area contributed by atoms with Gasteiger partial charge in [-0.1, -0.05) is 30.3 Å². The average molecular weight is 294 g/mol. The van der Waals surface area contributed by atoms with E-state index in [1.165, 1.54) is 6.07 Å². The van der Waals surface area contributed by atoms with E-state index in [0.717, 1.165) is 11.1 Å². The van der Waals surface area contributed by atoms with Crippen LogP contribution >= 0.6 is 0 Å². The molecule has 0 bridgehead atoms. The minimum absolute atomic E-state index is 0. The summed E-state index contributed by atoms with van der Waals surface area (Å²) < 4.78 is 0. The molecule has 0 atom stereocenters. The smallest absolute Gasteiger partial charge is 0.339 e. The van der Waals surface area contributed by atoms with Crippen LogP contribution in [0.25, 0.3) is 11.1 Å². The molecular formula is C14H12O3Zn. The zero-order valence-electron chi connectivity index (χ0n) is 10.1. The number of aryl methyl sites for hydroxylation is 1. The van der Waals surface area contributed by atoms with Gasteiger partial charge in [0.25, 0.3) is 0 Å². The molecule has 0 radical (unpaired) electrons. The fourth-order valence-corrected chi connectivity index (χ4v) is 1.78. The molecule has 0 aromatic heterocycles. The molecule has 4 heteroatoms. The molecule has 0 aliphatic rings. The average Bonchev–Trinajstić information content (AvgIpc) is 2.32. The van der Waals surface area contributed by atoms with E-state index in [1.54, 1.807) is 13.0 Å². The molecule has 2 rings (SSSR count). The van der Waals surface area contributed by atoms with Crippen molar-refractivity contribution in [1.29, 1.82) is 0 Å². The van der Waals surface area contributed by atoms with Gasteiger partial charge in [-0.25, -0.2) is 4.79 Å². The maximum atomic E-state index is 11.0. The maximum absolute atomic E-state index is 11.0. The Morgan fingerprint density at radius 3 is 2.28 bits per heavy atom. The summed E-state index contributed by atoms with van der Waals surface area (Å²) in [6, 6.07) is 12.5. The standard InChI is InChI=1S/C14H12O3.Zn/c1-9-7-11(10-5-3-2-4-6-10)13(15)12(8-9)14(16)17;/h2-8,15H,1H3,(H,16,17);. The number of carbonyl (C=O) groups is 1. The molecule has 0 amide bonds. The summed E-state index contributed by atoms with van der Waals surface area (Å²) in [7, 11) is 0. The van der Waals surface area contributed by atoms with Gasteiger partial charge in [0.05, 0.1) is 0 Å². The Bertz CT molecular complexity index is 565. The summed E-state index contributed by atoms with van der Waals surface area (Å²) in [6.45, 7) is 1.80. The van der Waals surface area contributed by atoms with Crippen LogP contribution < -0.4 is 0 Å². The second-order valence-corrected chi connectivity index (χ2v) is 3.88. The molecule has 0 unspecified atom stereocenters. The summed E-state index contributed by atoms with van der Waals surface area (Å²) >= 11 is 0. The summed E-state index contributed by atoms with van der Waals surface area (Å²) in [6.07, 6.45) is 0. The number of rotatable bonds is 2. The maximum Gasteiger partial charge on any atom is 0.339 e. The number of benzene rings is 2. The normalized spacial score (nSPS) is 9.61. The number of aromatic hydroxyl groups is 1. The molecular weight excluding hydrogens is 282 g/mol. The quantitative estimate of drug-likeness (QED) is 0.837. The summed E-state index contributed by atoms with van der Waals surface area (Å²) in [5.74, 6) is -1.31. The molecule has 0 fully saturated rings. The Kier molecular flexibility index (Phi) is 4.63. The third-order valence-electron chi connectivity index (χ3n) is 2.57. The van der Waals surface area contributed by atoms with E-state index < -0.39 is 5.97 Å². The van der Waals surface area contributed by atoms with Crippen molar-refractivity contribution in [1.82, 2.24) is 0 Å². The molecule has 2 aromatic rings. The zero-order valence-corrected chi connectivity index (χ0v) is 13.0. The van der Waals surface area contributed by atoms with E-state index in [9.17, 15) is 9.90 Å². The SMILES string of the molecule is Cc1cc(C(=O)O)c(O)c(-c2ccccc2)c1.[Zn]. The van der Waals surface area contributed by atoms with Crippen molar-refractivity contribution in [2.45, 2.75) is 6.92 Å². The van der Waals surface area contributed by atoms with Crippen molar-refractivity contribution in [3.05, 3.63) is 53.6 Å². The van der Waals surface area contributed by atoms with E-state index in [0.29, 0.717) is 5.56 Å². The molecule has 2 aromatic carbocycles. The summed E-state index contributed by atoms with van der Waals surface area (Å²) in [5, 5.41) is 19.0. The van der Waals surface area contributed by atoms with E-state index in [-0.39, 0.29) is 30.8 Å². The predicted molar refractivity (Wildman–Crippen MR) is 65.2 cm³/mol. The van der Waals surface area contributed by atoms with Gasteiger partial charge >= 0.3 is 5.97 Å². The number of phenols is 1. The Balaban J connectivity index is 0.00000162. The van der Waals surface area contributed by atoms with Crippen molar-refractivity contribution >= 4 is 5.97 Å². The van der Waals surface area contributed by atoms with Gasteiger partial charge in [0.1, 0.15) is 11.3 Å². The van der Waals surface area contributed by atoms with Crippen molar-refractivity contribution in [2.75, 3.05) is 0 Å². The van der Waals surface area contributed by atoms with Gasteiger partial charge in [-0.3, -0.25) is 0 Å². The van der Waals surface area contributed by atoms with Crippen LogP contribution in [0.2, 0.25) is 0 Å². The van der Waals surface area contributed by atoms with Crippen molar-refractivity contribution in [2.24, 2.45) is 0 Å². The van der Waals surface area contributed by atoms with Gasteiger partial charge in [0.2, 0.25) is 0 Å². The van der Waals surface area contributed by atoms with Gasteiger partial charge in [0.15, 0.2) is 0 Å². The third-order valence-corrected chi connectivity index (χ3v) is 2.57. The van der Waals surface area contributed by atoms with Gasteiger partial charge in [-0.2, -0.15) is 0 Å². The Hall–Kier alpha value is -1.67. The minimum atomic E-state index is -1.12. The first-order valence-corrected chi connectivity index (χ1v) is 5.22. The molecule has 3 nitrogen and oxygen atoms in total. The predicted octanol–water partition coefficient (Wildman–Crippen LogP) is 3.06. The van der Waals surface area contributed by atoms with E-state index >= 15 is 0 Å². The molecule has 88 valence electrons. The van der Waals surface area contributed by atoms with Crippen LogP contribution in [0.4, 0.5) is 0 Å². The molecule has 0 saturated heterocycles. The minimum Gasteiger partial charge on any atom is -0.506 e. The number of carboxylic acid groups (broad SMARTS) is 1. The van der Waals surface area contributed by atoms with Crippen molar-refractivity contribution in [3.8, 4) is 16.9 Å². The fraction of sp³-hybridized carbons (Fsp3) is 0.0714. The zero-order chi connectivity index (χ0) is 12.4. The van der Waals surface area contributed by atoms with Gasteiger partial charge in [-0.05, 0) is 30.2 Å². The Labute approximate surface area is 118 Å². The molecule has 0 aliphatic heterocycles. The van der Waals surface area contributed by atoms with Crippen LogP contribution in [-0.2, 0) is 19.5 Å². The van der Waals surface area contributed by atoms with E-state index in [4.69, 9.17) is 5.11 Å². The van der Waals surface area contributed by atoms with Crippen molar-refractivity contribution in [3.63, 3.8) is 0 Å². The van der Waals surface area contributed by atoms with Crippen LogP contribution in [0, 0.1) is 6.92 Å². The first-order valence-electron chi connectivity index (χ1n) is 5.22. The molecule has 0 aliphatic carbocycles. The molecule has 2 N–H and O–H groups in total. The summed E-state index contributed by atoms with van der Waals surface area (Å²) in [4.78, 5) is 11.0. The van der Waals surface area contributed by atoms with E-state index in [2.05, 4.69) is 0 Å². The van der Waals surface area contributed by atoms with Crippen LogP contribution in [-0.4, -0.2) is 16.2 Å². The van der Waals surface area contributed by atoms with E-state index in [1.807, 2.05) is 30.3 Å². The first kappa shape index (κ1) is 14.4. The number of hydrogen-bond donors (Lipinski definition) is 2. The molecule has 0 spiro atoms. The molecule has 0 heterocycles. The largest absolute Gasteiger partial charge is 0.506 e. The van der Waals surface area contributed by atoms with Crippen LogP contribution in [0.15, 0.2) is 42.5 Å². The van der Waals surface area contributed by atoms with Gasteiger partial charge in [-0.15, -0.1) is 0 Å². The molecule has 0 saturated carbocycles. The molecule has 18 heavy (non-hydrogen) atoms. The van der Waals surface area contributed by atoms with Crippen LogP contribution in [0.5, 0.6) is 5.75 Å². The Morgan fingerprint density at radius 2 is 1.72 bits per heavy atom.